The highest BCUT2D eigenvalue weighted by Gasteiger charge is 2.08. The van der Waals surface area contributed by atoms with Gasteiger partial charge in [0.05, 0.1) is 0 Å². The van der Waals surface area contributed by atoms with Gasteiger partial charge >= 0.3 is 0 Å². The van der Waals surface area contributed by atoms with E-state index in [9.17, 15) is 4.80 Å². The number of hydrogen-bond acceptors (Lipinski definition) is 1. The molecule has 0 aromatic heterocycles. The van der Waals surface area contributed by atoms with Gasteiger partial charge in [0, 0.05) is 0 Å². The first kappa shape index (κ1) is 9.18. The second kappa shape index (κ2) is 3.78. The molecule has 1 nitrogen and oxygen atoms in total. The van der Waals surface area contributed by atoms with Crippen LogP contribution in [-0.4, -0.2) is 13.8 Å². The third kappa shape index (κ3) is 1.50. The molecule has 0 fully saturated rings. The summed E-state index contributed by atoms with van der Waals surface area (Å²) in [4.78, 5) is 9.85. The molecule has 0 radical (unpaired) electrons. The van der Waals surface area contributed by atoms with E-state index in [1.54, 1.807) is 5.70 Å². The summed E-state index contributed by atoms with van der Waals surface area (Å²) in [5.74, 6) is 0. The molecule has 0 amide bonds. The largest absolute Gasteiger partial charge is 0.427 e. The van der Waals surface area contributed by atoms with E-state index in [2.05, 4.69) is 18.7 Å². The summed E-state index contributed by atoms with van der Waals surface area (Å²) < 4.78 is 0. The molecule has 0 aliphatic rings. The summed E-state index contributed by atoms with van der Waals surface area (Å²) in [5, 5.41) is 3.38. The molecule has 0 bridgehead atoms. The van der Waals surface area contributed by atoms with Gasteiger partial charge in [-0.05, 0) is 16.0 Å². The zero-order valence-electron chi connectivity index (χ0n) is 7.85. The van der Waals surface area contributed by atoms with Crippen molar-refractivity contribution in [2.24, 2.45) is 0 Å². The fraction of sp³-hybridized carbons (Fsp3) is 0. The molecule has 1 atom stereocenters. The molecule has 0 heterocycles. The summed E-state index contributed by atoms with van der Waals surface area (Å²) in [6, 6.07) is 14.1. The Morgan fingerprint density at radius 3 is 2.57 bits per heavy atom. The van der Waals surface area contributed by atoms with Gasteiger partial charge in [0.2, 0.25) is 9.04 Å². The molecule has 0 spiro atoms. The van der Waals surface area contributed by atoms with Crippen molar-refractivity contribution >= 4 is 25.0 Å². The monoisotopic (exact) mass is 200 g/mol. The van der Waals surface area contributed by atoms with Crippen LogP contribution in [0.3, 0.4) is 0 Å². The zero-order chi connectivity index (χ0) is 9.97. The second-order valence-corrected chi connectivity index (χ2v) is 5.23. The van der Waals surface area contributed by atoms with Crippen LogP contribution in [0.4, 0.5) is 0 Å². The van der Waals surface area contributed by atoms with Crippen LogP contribution in [0.1, 0.15) is 0 Å². The Bertz CT molecular complexity index is 459. The molecule has 0 aliphatic heterocycles. The first-order chi connectivity index (χ1) is 6.83. The fourth-order valence-corrected chi connectivity index (χ4v) is 2.78. The van der Waals surface area contributed by atoms with E-state index in [4.69, 9.17) is 0 Å². The van der Waals surface area contributed by atoms with Crippen molar-refractivity contribution in [3.05, 3.63) is 54.7 Å². The van der Waals surface area contributed by atoms with Crippen LogP contribution in [0.15, 0.2) is 54.7 Å². The first-order valence-electron chi connectivity index (χ1n) is 4.61. The van der Waals surface area contributed by atoms with E-state index in [0.717, 1.165) is 10.6 Å². The van der Waals surface area contributed by atoms with Crippen molar-refractivity contribution < 1.29 is 4.80 Å². The molecule has 1 unspecified atom stereocenters. The SMILES string of the molecule is C=C[SiH](O)c1cccc2ccccc12. The summed E-state index contributed by atoms with van der Waals surface area (Å²) in [5.41, 5.74) is 1.68. The maximum Gasteiger partial charge on any atom is 0.228 e. The molecule has 2 rings (SSSR count). The van der Waals surface area contributed by atoms with Crippen molar-refractivity contribution in [1.82, 2.24) is 0 Å². The molecule has 14 heavy (non-hydrogen) atoms. The number of rotatable bonds is 2. The van der Waals surface area contributed by atoms with Crippen molar-refractivity contribution in [3.8, 4) is 0 Å². The number of fused-ring (bicyclic) bond motifs is 1. The molecule has 0 saturated heterocycles. The summed E-state index contributed by atoms with van der Waals surface area (Å²) in [6.07, 6.45) is 0. The molecular formula is C12H12OSi. The van der Waals surface area contributed by atoms with E-state index >= 15 is 0 Å². The third-order valence-electron chi connectivity index (χ3n) is 2.37. The summed E-state index contributed by atoms with van der Waals surface area (Å²) in [6.45, 7) is 3.66. The van der Waals surface area contributed by atoms with Crippen LogP contribution in [0.25, 0.3) is 10.8 Å². The minimum Gasteiger partial charge on any atom is -0.427 e. The van der Waals surface area contributed by atoms with Crippen molar-refractivity contribution in [2.45, 2.75) is 0 Å². The Morgan fingerprint density at radius 2 is 1.79 bits per heavy atom. The average Bonchev–Trinajstić information content (AvgIpc) is 2.27. The standard InChI is InChI=1S/C12H12OSi/c1-2-14(13)12-9-5-7-10-6-3-4-8-11(10)12/h2-9,13-14H,1H2. The number of benzene rings is 2. The maximum absolute atomic E-state index is 9.85. The lowest BCUT2D eigenvalue weighted by Crippen LogP contribution is -2.28. The highest BCUT2D eigenvalue weighted by Crippen LogP contribution is 2.11. The van der Waals surface area contributed by atoms with Gasteiger partial charge in [-0.25, -0.2) is 0 Å². The van der Waals surface area contributed by atoms with E-state index in [1.807, 2.05) is 30.3 Å². The topological polar surface area (TPSA) is 20.2 Å². The zero-order valence-corrected chi connectivity index (χ0v) is 9.01. The average molecular weight is 200 g/mol. The molecule has 70 valence electrons. The Kier molecular flexibility index (Phi) is 2.48. The van der Waals surface area contributed by atoms with Crippen molar-refractivity contribution in [2.75, 3.05) is 0 Å². The van der Waals surface area contributed by atoms with Gasteiger partial charge in [-0.2, -0.15) is 0 Å². The maximum atomic E-state index is 9.85. The lowest BCUT2D eigenvalue weighted by atomic mass is 10.1. The molecular weight excluding hydrogens is 188 g/mol. The van der Waals surface area contributed by atoms with Crippen molar-refractivity contribution in [3.63, 3.8) is 0 Å². The molecule has 1 N–H and O–H groups in total. The van der Waals surface area contributed by atoms with Crippen LogP contribution in [0, 0.1) is 0 Å². The van der Waals surface area contributed by atoms with Crippen LogP contribution < -0.4 is 5.19 Å². The van der Waals surface area contributed by atoms with E-state index in [-0.39, 0.29) is 0 Å². The Morgan fingerprint density at radius 1 is 1.07 bits per heavy atom. The normalized spacial score (nSPS) is 12.6. The first-order valence-corrected chi connectivity index (χ1v) is 6.37. The van der Waals surface area contributed by atoms with Crippen LogP contribution in [-0.2, 0) is 0 Å². The fourth-order valence-electron chi connectivity index (χ4n) is 1.64. The molecule has 0 saturated carbocycles. The van der Waals surface area contributed by atoms with Gasteiger partial charge in [0.15, 0.2) is 0 Å². The minimum atomic E-state index is -1.93. The lowest BCUT2D eigenvalue weighted by Gasteiger charge is -2.07. The van der Waals surface area contributed by atoms with E-state index in [0.29, 0.717) is 0 Å². The Balaban J connectivity index is 2.70. The van der Waals surface area contributed by atoms with Crippen LogP contribution in [0.5, 0.6) is 0 Å². The quantitative estimate of drug-likeness (QED) is 0.728. The van der Waals surface area contributed by atoms with Gasteiger partial charge < -0.3 is 4.80 Å². The summed E-state index contributed by atoms with van der Waals surface area (Å²) in [7, 11) is -1.93. The molecule has 2 aromatic rings. The Labute approximate surface area is 85.0 Å². The van der Waals surface area contributed by atoms with Gasteiger partial charge in [0.1, 0.15) is 0 Å². The third-order valence-corrected chi connectivity index (χ3v) is 3.95. The van der Waals surface area contributed by atoms with Gasteiger partial charge in [-0.1, -0.05) is 48.2 Å². The highest BCUT2D eigenvalue weighted by molar-refractivity contribution is 6.73. The second-order valence-electron chi connectivity index (χ2n) is 3.25. The molecule has 0 aliphatic carbocycles. The van der Waals surface area contributed by atoms with E-state index < -0.39 is 9.04 Å². The van der Waals surface area contributed by atoms with Crippen LogP contribution >= 0.6 is 0 Å². The predicted octanol–water partition coefficient (Wildman–Crippen LogP) is 1.49. The van der Waals surface area contributed by atoms with Gasteiger partial charge in [0.25, 0.3) is 0 Å². The van der Waals surface area contributed by atoms with Crippen LogP contribution in [0.2, 0.25) is 0 Å². The number of hydrogen-bond donors (Lipinski definition) is 1. The van der Waals surface area contributed by atoms with Gasteiger partial charge in [-0.3, -0.25) is 0 Å². The Hall–Kier alpha value is -1.38. The predicted molar refractivity (Wildman–Crippen MR) is 63.1 cm³/mol. The van der Waals surface area contributed by atoms with Crippen molar-refractivity contribution in [1.29, 1.82) is 0 Å². The highest BCUT2D eigenvalue weighted by atomic mass is 28.3. The van der Waals surface area contributed by atoms with E-state index in [1.165, 1.54) is 5.39 Å². The molecule has 2 heteroatoms. The summed E-state index contributed by atoms with van der Waals surface area (Å²) >= 11 is 0. The minimum absolute atomic E-state index is 1.05. The molecule has 2 aromatic carbocycles. The smallest absolute Gasteiger partial charge is 0.228 e. The lowest BCUT2D eigenvalue weighted by molar-refractivity contribution is 0.599. The van der Waals surface area contributed by atoms with Gasteiger partial charge in [-0.15, -0.1) is 6.58 Å².